The van der Waals surface area contributed by atoms with E-state index in [2.05, 4.69) is 13.8 Å². The van der Waals surface area contributed by atoms with Gasteiger partial charge in [-0.25, -0.2) is 0 Å². The molecule has 19 heavy (non-hydrogen) atoms. The summed E-state index contributed by atoms with van der Waals surface area (Å²) in [6.07, 6.45) is 1.01. The predicted octanol–water partition coefficient (Wildman–Crippen LogP) is 3.24. The van der Waals surface area contributed by atoms with Gasteiger partial charge in [0, 0.05) is 11.5 Å². The minimum absolute atomic E-state index is 0.376. The summed E-state index contributed by atoms with van der Waals surface area (Å²) in [5.41, 5.74) is 6.64. The molecule has 0 unspecified atom stereocenters. The zero-order valence-corrected chi connectivity index (χ0v) is 13.1. The van der Waals surface area contributed by atoms with Gasteiger partial charge in [0.2, 0.25) is 0 Å². The second-order valence-corrected chi connectivity index (χ2v) is 5.63. The van der Waals surface area contributed by atoms with E-state index < -0.39 is 0 Å². The van der Waals surface area contributed by atoms with E-state index >= 15 is 0 Å². The number of ether oxygens (including phenoxy) is 2. The van der Waals surface area contributed by atoms with Crippen molar-refractivity contribution < 1.29 is 9.47 Å². The molecule has 0 spiro atoms. The molecule has 0 atom stereocenters. The fourth-order valence-electron chi connectivity index (χ4n) is 1.61. The Morgan fingerprint density at radius 3 is 2.68 bits per heavy atom. The Kier molecular flexibility index (Phi) is 7.86. The minimum atomic E-state index is 0.376. The Morgan fingerprint density at radius 2 is 2.05 bits per heavy atom. The van der Waals surface area contributed by atoms with E-state index in [1.807, 2.05) is 18.2 Å². The van der Waals surface area contributed by atoms with Crippen molar-refractivity contribution in [3.05, 3.63) is 23.8 Å². The van der Waals surface area contributed by atoms with Gasteiger partial charge in [-0.05, 0) is 24.3 Å². The van der Waals surface area contributed by atoms with Gasteiger partial charge in [0.1, 0.15) is 17.3 Å². The zero-order valence-electron chi connectivity index (χ0n) is 11.5. The van der Waals surface area contributed by atoms with Gasteiger partial charge < -0.3 is 15.2 Å². The highest BCUT2D eigenvalue weighted by Gasteiger charge is 2.12. The standard InChI is InChI=1S/C14H21NO2S2/c1-3-8-16-9-10-17-11-6-5-7-12(19-4-2)13(11)14(15)18/h5-7H,3-4,8-10H2,1-2H3,(H2,15,18). The molecule has 106 valence electrons. The molecule has 5 heteroatoms. The molecule has 0 aromatic heterocycles. The summed E-state index contributed by atoms with van der Waals surface area (Å²) in [7, 11) is 0. The Labute approximate surface area is 124 Å². The summed E-state index contributed by atoms with van der Waals surface area (Å²) < 4.78 is 11.1. The number of benzene rings is 1. The third-order valence-electron chi connectivity index (χ3n) is 2.37. The third kappa shape index (κ3) is 5.38. The lowest BCUT2D eigenvalue weighted by Crippen LogP contribution is -2.15. The van der Waals surface area contributed by atoms with Gasteiger partial charge in [0.25, 0.3) is 0 Å². The van der Waals surface area contributed by atoms with Gasteiger partial charge in [-0.3, -0.25) is 0 Å². The van der Waals surface area contributed by atoms with Crippen LogP contribution in [0.4, 0.5) is 0 Å². The second kappa shape index (κ2) is 9.18. The first-order valence-corrected chi connectivity index (χ1v) is 7.86. The monoisotopic (exact) mass is 299 g/mol. The van der Waals surface area contributed by atoms with Crippen LogP contribution in [0.3, 0.4) is 0 Å². The van der Waals surface area contributed by atoms with E-state index in [1.165, 1.54) is 0 Å². The highest BCUT2D eigenvalue weighted by atomic mass is 32.2. The predicted molar refractivity (Wildman–Crippen MR) is 85.3 cm³/mol. The molecule has 1 aromatic carbocycles. The van der Waals surface area contributed by atoms with E-state index in [0.717, 1.165) is 35.0 Å². The maximum atomic E-state index is 5.80. The zero-order chi connectivity index (χ0) is 14.1. The van der Waals surface area contributed by atoms with Crippen molar-refractivity contribution >= 4 is 29.0 Å². The van der Waals surface area contributed by atoms with Gasteiger partial charge >= 0.3 is 0 Å². The van der Waals surface area contributed by atoms with Crippen LogP contribution in [0.15, 0.2) is 23.1 Å². The largest absolute Gasteiger partial charge is 0.490 e. The maximum absolute atomic E-state index is 5.80. The molecular weight excluding hydrogens is 278 g/mol. The molecular formula is C14H21NO2S2. The molecule has 0 heterocycles. The molecule has 1 rings (SSSR count). The summed E-state index contributed by atoms with van der Waals surface area (Å²) in [6.45, 7) is 6.03. The number of nitrogens with two attached hydrogens (primary N) is 1. The number of hydrogen-bond acceptors (Lipinski definition) is 4. The van der Waals surface area contributed by atoms with Crippen molar-refractivity contribution in [1.82, 2.24) is 0 Å². The lowest BCUT2D eigenvalue weighted by atomic mass is 10.2. The molecule has 1 aromatic rings. The fourth-order valence-corrected chi connectivity index (χ4v) is 2.72. The van der Waals surface area contributed by atoms with Crippen LogP contribution in [0.5, 0.6) is 5.75 Å². The van der Waals surface area contributed by atoms with Gasteiger partial charge in [0.15, 0.2) is 0 Å². The molecule has 2 N–H and O–H groups in total. The van der Waals surface area contributed by atoms with E-state index in [9.17, 15) is 0 Å². The molecule has 0 amide bonds. The summed E-state index contributed by atoms with van der Waals surface area (Å²) in [6, 6.07) is 5.87. The first-order chi connectivity index (χ1) is 9.20. The normalized spacial score (nSPS) is 10.4. The van der Waals surface area contributed by atoms with Crippen molar-refractivity contribution in [1.29, 1.82) is 0 Å². The lowest BCUT2D eigenvalue weighted by Gasteiger charge is -2.14. The minimum Gasteiger partial charge on any atom is -0.490 e. The number of thiocarbonyl (C=S) groups is 1. The highest BCUT2D eigenvalue weighted by molar-refractivity contribution is 7.99. The Hall–Kier alpha value is -0.780. The van der Waals surface area contributed by atoms with E-state index in [-0.39, 0.29) is 0 Å². The summed E-state index contributed by atoms with van der Waals surface area (Å²) in [5.74, 6) is 1.71. The molecule has 0 bridgehead atoms. The maximum Gasteiger partial charge on any atom is 0.130 e. The fraction of sp³-hybridized carbons (Fsp3) is 0.500. The van der Waals surface area contributed by atoms with Crippen LogP contribution < -0.4 is 10.5 Å². The topological polar surface area (TPSA) is 44.5 Å². The van der Waals surface area contributed by atoms with Crippen LogP contribution >= 0.6 is 24.0 Å². The van der Waals surface area contributed by atoms with Gasteiger partial charge in [-0.1, -0.05) is 32.1 Å². The summed E-state index contributed by atoms with van der Waals surface area (Å²) in [4.78, 5) is 1.45. The molecule has 0 fully saturated rings. The highest BCUT2D eigenvalue weighted by Crippen LogP contribution is 2.30. The second-order valence-electron chi connectivity index (χ2n) is 3.89. The van der Waals surface area contributed by atoms with Crippen molar-refractivity contribution in [2.45, 2.75) is 25.2 Å². The number of thioether (sulfide) groups is 1. The van der Waals surface area contributed by atoms with E-state index in [0.29, 0.717) is 18.2 Å². The molecule has 0 radical (unpaired) electrons. The molecule has 0 aliphatic carbocycles. The Bertz CT molecular complexity index is 410. The summed E-state index contributed by atoms with van der Waals surface area (Å²) >= 11 is 6.84. The van der Waals surface area contributed by atoms with Gasteiger partial charge in [-0.15, -0.1) is 11.8 Å². The first-order valence-electron chi connectivity index (χ1n) is 6.46. The average Bonchev–Trinajstić information content (AvgIpc) is 2.38. The Balaban J connectivity index is 2.70. The van der Waals surface area contributed by atoms with Crippen LogP contribution in [0.2, 0.25) is 0 Å². The molecule has 0 aliphatic heterocycles. The summed E-state index contributed by atoms with van der Waals surface area (Å²) in [5, 5.41) is 0. The van der Waals surface area contributed by atoms with Gasteiger partial charge in [-0.2, -0.15) is 0 Å². The molecule has 0 saturated carbocycles. The quantitative estimate of drug-likeness (QED) is 0.431. The van der Waals surface area contributed by atoms with Crippen molar-refractivity contribution in [3.8, 4) is 5.75 Å². The Morgan fingerprint density at radius 1 is 1.26 bits per heavy atom. The third-order valence-corrected chi connectivity index (χ3v) is 3.51. The van der Waals surface area contributed by atoms with Gasteiger partial charge in [0.05, 0.1) is 12.2 Å². The van der Waals surface area contributed by atoms with Crippen LogP contribution in [0.1, 0.15) is 25.8 Å². The lowest BCUT2D eigenvalue weighted by molar-refractivity contribution is 0.100. The van der Waals surface area contributed by atoms with Crippen LogP contribution in [-0.4, -0.2) is 30.6 Å². The first kappa shape index (κ1) is 16.3. The van der Waals surface area contributed by atoms with Crippen molar-refractivity contribution in [2.24, 2.45) is 5.73 Å². The smallest absolute Gasteiger partial charge is 0.130 e. The average molecular weight is 299 g/mol. The molecule has 3 nitrogen and oxygen atoms in total. The van der Waals surface area contributed by atoms with Crippen molar-refractivity contribution in [3.63, 3.8) is 0 Å². The molecule has 0 saturated heterocycles. The number of hydrogen-bond donors (Lipinski definition) is 1. The van der Waals surface area contributed by atoms with Crippen molar-refractivity contribution in [2.75, 3.05) is 25.6 Å². The van der Waals surface area contributed by atoms with Crippen LogP contribution in [0, 0.1) is 0 Å². The van der Waals surface area contributed by atoms with Crippen LogP contribution in [-0.2, 0) is 4.74 Å². The number of rotatable bonds is 9. The van der Waals surface area contributed by atoms with E-state index in [4.69, 9.17) is 27.4 Å². The van der Waals surface area contributed by atoms with Crippen LogP contribution in [0.25, 0.3) is 0 Å². The SMILES string of the molecule is CCCOCCOc1cccc(SCC)c1C(N)=S. The van der Waals surface area contributed by atoms with E-state index in [1.54, 1.807) is 11.8 Å². The molecule has 0 aliphatic rings.